The Morgan fingerprint density at radius 3 is 2.62 bits per heavy atom. The smallest absolute Gasteiger partial charge is 0.268 e. The molecular weight excluding hydrogens is 394 g/mol. The third-order valence-electron chi connectivity index (χ3n) is 5.92. The average molecular weight is 414 g/mol. The van der Waals surface area contributed by atoms with E-state index in [9.17, 15) is 18.4 Å². The van der Waals surface area contributed by atoms with Gasteiger partial charge < -0.3 is 9.80 Å². The first-order valence-corrected chi connectivity index (χ1v) is 10.7. The molecular formula is C22H20F2N2O2S. The lowest BCUT2D eigenvalue weighted by molar-refractivity contribution is -0.141. The molecule has 0 N–H and O–H groups in total. The highest BCUT2D eigenvalue weighted by molar-refractivity contribution is 8.01. The van der Waals surface area contributed by atoms with Crippen LogP contribution in [-0.4, -0.2) is 29.0 Å². The van der Waals surface area contributed by atoms with Gasteiger partial charge in [0.1, 0.15) is 11.6 Å². The minimum absolute atomic E-state index is 0.00901. The van der Waals surface area contributed by atoms with E-state index < -0.39 is 16.5 Å². The Balaban J connectivity index is 1.62. The Morgan fingerprint density at radius 1 is 1.21 bits per heavy atom. The molecule has 1 aliphatic carbocycles. The first-order valence-electron chi connectivity index (χ1n) is 9.75. The van der Waals surface area contributed by atoms with Crippen LogP contribution in [0.25, 0.3) is 0 Å². The predicted octanol–water partition coefficient (Wildman–Crippen LogP) is 3.96. The number of thioether (sulfide) groups is 1. The molecule has 150 valence electrons. The first-order chi connectivity index (χ1) is 13.9. The van der Waals surface area contributed by atoms with E-state index in [0.29, 0.717) is 18.0 Å². The summed E-state index contributed by atoms with van der Waals surface area (Å²) in [4.78, 5) is 28.8. The lowest BCUT2D eigenvalue weighted by atomic mass is 10.0. The summed E-state index contributed by atoms with van der Waals surface area (Å²) < 4.78 is 28.6. The number of hydrogen-bond acceptors (Lipinski definition) is 3. The van der Waals surface area contributed by atoms with Crippen molar-refractivity contribution < 1.29 is 18.4 Å². The summed E-state index contributed by atoms with van der Waals surface area (Å²) in [6, 6.07) is 9.31. The fraction of sp³-hybridized carbons (Fsp3) is 0.364. The van der Waals surface area contributed by atoms with Crippen LogP contribution < -0.4 is 4.90 Å². The molecule has 0 bridgehead atoms. The maximum absolute atomic E-state index is 14.3. The number of carbonyl (C=O) groups is 2. The quantitative estimate of drug-likeness (QED) is 0.764. The van der Waals surface area contributed by atoms with Gasteiger partial charge in [0.25, 0.3) is 5.91 Å². The molecule has 1 saturated heterocycles. The summed E-state index contributed by atoms with van der Waals surface area (Å²) in [6.45, 7) is 2.23. The van der Waals surface area contributed by atoms with Crippen LogP contribution >= 0.6 is 11.8 Å². The molecule has 0 aromatic heterocycles. The molecule has 0 radical (unpaired) electrons. The van der Waals surface area contributed by atoms with Gasteiger partial charge in [-0.15, -0.1) is 11.8 Å². The van der Waals surface area contributed by atoms with E-state index >= 15 is 0 Å². The summed E-state index contributed by atoms with van der Waals surface area (Å²) in [5.41, 5.74) is 2.19. The second-order valence-corrected chi connectivity index (χ2v) is 9.16. The van der Waals surface area contributed by atoms with Gasteiger partial charge in [-0.25, -0.2) is 8.78 Å². The molecule has 2 aromatic carbocycles. The molecule has 2 fully saturated rings. The summed E-state index contributed by atoms with van der Waals surface area (Å²) in [7, 11) is 0. The van der Waals surface area contributed by atoms with Crippen LogP contribution in [0.1, 0.15) is 29.5 Å². The van der Waals surface area contributed by atoms with Gasteiger partial charge in [-0.05, 0) is 38.0 Å². The number of anilines is 1. The number of nitrogens with zero attached hydrogens (tertiary/aromatic N) is 2. The summed E-state index contributed by atoms with van der Waals surface area (Å²) in [5.74, 6) is -1.01. The fourth-order valence-electron chi connectivity index (χ4n) is 4.30. The molecule has 7 heteroatoms. The number of amides is 2. The largest absolute Gasteiger partial charge is 0.315 e. The van der Waals surface area contributed by atoms with Crippen molar-refractivity contribution in [1.82, 2.24) is 4.90 Å². The summed E-state index contributed by atoms with van der Waals surface area (Å²) >= 11 is 1.44. The third-order valence-corrected chi connectivity index (χ3v) is 7.34. The van der Waals surface area contributed by atoms with Crippen LogP contribution in [0.15, 0.2) is 36.4 Å². The van der Waals surface area contributed by atoms with E-state index in [1.54, 1.807) is 4.90 Å². The van der Waals surface area contributed by atoms with Crippen LogP contribution in [0, 0.1) is 24.5 Å². The fourth-order valence-corrected chi connectivity index (χ4v) is 5.76. The molecule has 2 aliphatic heterocycles. The van der Waals surface area contributed by atoms with Gasteiger partial charge in [-0.2, -0.15) is 0 Å². The van der Waals surface area contributed by atoms with Crippen molar-refractivity contribution in [2.75, 3.05) is 17.2 Å². The second-order valence-electron chi connectivity index (χ2n) is 7.87. The predicted molar refractivity (Wildman–Crippen MR) is 107 cm³/mol. The highest BCUT2D eigenvalue weighted by Crippen LogP contribution is 2.55. The van der Waals surface area contributed by atoms with Crippen LogP contribution in [0.4, 0.5) is 14.5 Å². The van der Waals surface area contributed by atoms with Gasteiger partial charge in [0.15, 0.2) is 4.87 Å². The Bertz CT molecular complexity index is 1020. The normalized spacial score (nSPS) is 23.2. The van der Waals surface area contributed by atoms with E-state index in [1.165, 1.54) is 34.9 Å². The summed E-state index contributed by atoms with van der Waals surface area (Å²) in [6.07, 6.45) is 1.71. The number of hydrogen-bond donors (Lipinski definition) is 0. The Morgan fingerprint density at radius 2 is 1.93 bits per heavy atom. The van der Waals surface area contributed by atoms with Gasteiger partial charge >= 0.3 is 0 Å². The molecule has 2 heterocycles. The topological polar surface area (TPSA) is 40.6 Å². The monoisotopic (exact) mass is 414 g/mol. The number of carbonyl (C=O) groups excluding carboxylic acids is 2. The molecule has 29 heavy (non-hydrogen) atoms. The molecule has 2 amide bonds. The zero-order chi connectivity index (χ0) is 20.3. The van der Waals surface area contributed by atoms with Crippen molar-refractivity contribution in [3.05, 3.63) is 64.7 Å². The highest BCUT2D eigenvalue weighted by Gasteiger charge is 2.60. The van der Waals surface area contributed by atoms with Crippen molar-refractivity contribution in [1.29, 1.82) is 0 Å². The van der Waals surface area contributed by atoms with Crippen molar-refractivity contribution in [2.45, 2.75) is 31.2 Å². The maximum Gasteiger partial charge on any atom is 0.268 e. The number of benzene rings is 2. The summed E-state index contributed by atoms with van der Waals surface area (Å²) in [5, 5.41) is 0. The average Bonchev–Trinajstić information content (AvgIpc) is 3.41. The molecule has 1 atom stereocenters. The Hall–Kier alpha value is -2.41. The second kappa shape index (κ2) is 6.55. The van der Waals surface area contributed by atoms with E-state index in [4.69, 9.17) is 0 Å². The molecule has 1 saturated carbocycles. The minimum atomic E-state index is -1.14. The maximum atomic E-state index is 14.3. The van der Waals surface area contributed by atoms with Crippen molar-refractivity contribution in [2.24, 2.45) is 5.92 Å². The molecule has 3 aliphatic rings. The van der Waals surface area contributed by atoms with E-state index in [0.717, 1.165) is 24.0 Å². The van der Waals surface area contributed by atoms with Gasteiger partial charge in [0.05, 0.1) is 12.2 Å². The van der Waals surface area contributed by atoms with Crippen molar-refractivity contribution in [3.63, 3.8) is 0 Å². The van der Waals surface area contributed by atoms with Crippen LogP contribution in [0.5, 0.6) is 0 Å². The minimum Gasteiger partial charge on any atom is -0.315 e. The molecule has 1 unspecified atom stereocenters. The number of fused-ring (bicyclic) bond motifs is 2. The zero-order valence-corrected chi connectivity index (χ0v) is 16.8. The van der Waals surface area contributed by atoms with Gasteiger partial charge in [-0.1, -0.05) is 23.8 Å². The van der Waals surface area contributed by atoms with Gasteiger partial charge in [-0.3, -0.25) is 9.59 Å². The zero-order valence-electron chi connectivity index (χ0n) is 16.0. The van der Waals surface area contributed by atoms with Crippen molar-refractivity contribution in [3.8, 4) is 0 Å². The Kier molecular flexibility index (Phi) is 4.21. The highest BCUT2D eigenvalue weighted by atomic mass is 32.2. The van der Waals surface area contributed by atoms with Crippen LogP contribution in [0.2, 0.25) is 0 Å². The number of rotatable bonds is 3. The molecule has 5 rings (SSSR count). The lowest BCUT2D eigenvalue weighted by Gasteiger charge is -2.33. The van der Waals surface area contributed by atoms with Gasteiger partial charge in [0, 0.05) is 29.3 Å². The molecule has 4 nitrogen and oxygen atoms in total. The lowest BCUT2D eigenvalue weighted by Crippen LogP contribution is -2.50. The first kappa shape index (κ1) is 18.6. The third kappa shape index (κ3) is 2.70. The standard InChI is InChI=1S/C22H20F2N2O2S/c1-13-5-8-19-16(11-13)22(26(9-10-29-22)20(27)14-6-7-14)21(28)25(19)12-15-17(23)3-2-4-18(15)24/h2-5,8,11,14H,6-7,9-10,12H2,1H3. The van der Waals surface area contributed by atoms with E-state index in [-0.39, 0.29) is 29.8 Å². The van der Waals surface area contributed by atoms with Crippen molar-refractivity contribution >= 4 is 29.3 Å². The molecule has 2 aromatic rings. The van der Waals surface area contributed by atoms with E-state index in [1.807, 2.05) is 25.1 Å². The SMILES string of the molecule is Cc1ccc2c(c1)C1(SCCN1C(=O)C1CC1)C(=O)N2Cc1c(F)cccc1F. The van der Waals surface area contributed by atoms with Gasteiger partial charge in [0.2, 0.25) is 5.91 Å². The number of aryl methyl sites for hydroxylation is 1. The van der Waals surface area contributed by atoms with E-state index in [2.05, 4.69) is 0 Å². The van der Waals surface area contributed by atoms with Crippen LogP contribution in [0.3, 0.4) is 0 Å². The van der Waals surface area contributed by atoms with Crippen LogP contribution in [-0.2, 0) is 21.0 Å². The molecule has 1 spiro atoms. The number of halogens is 2. The Labute approximate surface area is 171 Å².